The van der Waals surface area contributed by atoms with E-state index >= 15 is 0 Å². The van der Waals surface area contributed by atoms with Gasteiger partial charge in [0.05, 0.1) is 12.4 Å². The molecule has 0 rings (SSSR count). The number of hydrogen-bond acceptors (Lipinski definition) is 1. The molecule has 0 radical (unpaired) electrons. The number of hydrogen-bond donors (Lipinski definition) is 2. The van der Waals surface area contributed by atoms with E-state index in [0.717, 1.165) is 0 Å². The molecule has 0 fully saturated rings. The molecule has 9 heavy (non-hydrogen) atoms. The zero-order valence-corrected chi connectivity index (χ0v) is 5.40. The molecule has 0 aliphatic carbocycles. The fourth-order valence-electron chi connectivity index (χ4n) is 0.230. The van der Waals surface area contributed by atoms with Crippen molar-refractivity contribution in [1.29, 1.82) is 0 Å². The number of amides is 1. The number of rotatable bonds is 1. The van der Waals surface area contributed by atoms with Crippen LogP contribution in [-0.2, 0) is 0 Å². The smallest absolute Gasteiger partial charge is 0.405 e. The number of nitrogens with one attached hydrogen (secondary N) is 1. The fourth-order valence-corrected chi connectivity index (χ4v) is 0.324. The predicted molar refractivity (Wildman–Crippen MR) is 34.5 cm³/mol. The molecule has 0 aromatic rings. The van der Waals surface area contributed by atoms with Gasteiger partial charge in [-0.25, -0.2) is 4.79 Å². The number of carboxylic acid groups (broad SMARTS) is 1. The monoisotopic (exact) mass is 147 g/mol. The van der Waals surface area contributed by atoms with Crippen LogP contribution in [0.2, 0.25) is 0 Å². The van der Waals surface area contributed by atoms with Gasteiger partial charge in [-0.1, -0.05) is 11.8 Å². The summed E-state index contributed by atoms with van der Waals surface area (Å²) in [5.41, 5.74) is 0. The van der Waals surface area contributed by atoms with Gasteiger partial charge in [0.1, 0.15) is 0 Å². The molecular formula is C5H6ClNO2. The van der Waals surface area contributed by atoms with Crippen molar-refractivity contribution in [2.45, 2.75) is 0 Å². The molecule has 4 heteroatoms. The minimum absolute atomic E-state index is 0.141. The first-order valence-electron chi connectivity index (χ1n) is 2.26. The predicted octanol–water partition coefficient (Wildman–Crippen LogP) is 0.496. The van der Waals surface area contributed by atoms with Crippen molar-refractivity contribution in [3.05, 3.63) is 0 Å². The van der Waals surface area contributed by atoms with E-state index in [1.807, 2.05) is 0 Å². The van der Waals surface area contributed by atoms with Crippen molar-refractivity contribution in [2.24, 2.45) is 0 Å². The maximum absolute atomic E-state index is 9.75. The van der Waals surface area contributed by atoms with Gasteiger partial charge < -0.3 is 10.4 Å². The molecule has 50 valence electrons. The number of halogens is 1. The minimum atomic E-state index is -1.07. The van der Waals surface area contributed by atoms with Crippen molar-refractivity contribution in [3.8, 4) is 11.8 Å². The summed E-state index contributed by atoms with van der Waals surface area (Å²) < 4.78 is 0. The third-order valence-corrected chi connectivity index (χ3v) is 0.653. The molecule has 0 heterocycles. The molecule has 0 aliphatic heterocycles. The lowest BCUT2D eigenvalue weighted by molar-refractivity contribution is 0.196. The fraction of sp³-hybridized carbons (Fsp3) is 0.400. The summed E-state index contributed by atoms with van der Waals surface area (Å²) in [6.45, 7) is 0.141. The van der Waals surface area contributed by atoms with Crippen molar-refractivity contribution in [1.82, 2.24) is 5.32 Å². The average Bonchev–Trinajstić information content (AvgIpc) is 1.80. The van der Waals surface area contributed by atoms with Crippen LogP contribution in [0, 0.1) is 11.8 Å². The van der Waals surface area contributed by atoms with Crippen LogP contribution < -0.4 is 5.32 Å². The topological polar surface area (TPSA) is 49.3 Å². The highest BCUT2D eigenvalue weighted by atomic mass is 35.5. The van der Waals surface area contributed by atoms with E-state index < -0.39 is 6.09 Å². The number of alkyl halides is 1. The van der Waals surface area contributed by atoms with E-state index in [9.17, 15) is 4.79 Å². The van der Waals surface area contributed by atoms with Crippen molar-refractivity contribution in [3.63, 3.8) is 0 Å². The molecule has 0 spiro atoms. The SMILES string of the molecule is O=C(O)NCC#CCCl. The molecule has 1 amide bonds. The molecule has 0 unspecified atom stereocenters. The largest absolute Gasteiger partial charge is 0.465 e. The lowest BCUT2D eigenvalue weighted by Crippen LogP contribution is -2.20. The van der Waals surface area contributed by atoms with Gasteiger partial charge in [-0.15, -0.1) is 11.6 Å². The Kier molecular flexibility index (Phi) is 4.75. The molecular weight excluding hydrogens is 142 g/mol. The molecule has 3 nitrogen and oxygen atoms in total. The van der Waals surface area contributed by atoms with E-state index in [1.54, 1.807) is 0 Å². The van der Waals surface area contributed by atoms with Crippen LogP contribution >= 0.6 is 11.6 Å². The highest BCUT2D eigenvalue weighted by molar-refractivity contribution is 6.19. The highest BCUT2D eigenvalue weighted by Crippen LogP contribution is 1.66. The van der Waals surface area contributed by atoms with Gasteiger partial charge in [-0.2, -0.15) is 0 Å². The Bertz CT molecular complexity index is 147. The molecule has 0 aromatic carbocycles. The van der Waals surface area contributed by atoms with Crippen LogP contribution in [0.25, 0.3) is 0 Å². The Hall–Kier alpha value is -0.880. The van der Waals surface area contributed by atoms with E-state index in [2.05, 4.69) is 17.2 Å². The minimum Gasteiger partial charge on any atom is -0.465 e. The van der Waals surface area contributed by atoms with Gasteiger partial charge in [0.2, 0.25) is 0 Å². The zero-order chi connectivity index (χ0) is 7.11. The van der Waals surface area contributed by atoms with Gasteiger partial charge in [0.15, 0.2) is 0 Å². The Morgan fingerprint density at radius 2 is 2.33 bits per heavy atom. The average molecular weight is 148 g/mol. The second-order valence-corrected chi connectivity index (χ2v) is 1.41. The Labute approximate surface area is 58.0 Å². The van der Waals surface area contributed by atoms with Crippen LogP contribution in [0.15, 0.2) is 0 Å². The molecule has 0 aromatic heterocycles. The molecule has 2 N–H and O–H groups in total. The quantitative estimate of drug-likeness (QED) is 0.419. The summed E-state index contributed by atoms with van der Waals surface area (Å²) in [5, 5.41) is 10.1. The van der Waals surface area contributed by atoms with Crippen LogP contribution in [0.5, 0.6) is 0 Å². The second kappa shape index (κ2) is 5.26. The third-order valence-electron chi connectivity index (χ3n) is 0.520. The summed E-state index contributed by atoms with van der Waals surface area (Å²) in [6.07, 6.45) is -1.07. The molecule has 0 saturated heterocycles. The van der Waals surface area contributed by atoms with E-state index in [1.165, 1.54) is 0 Å². The van der Waals surface area contributed by atoms with Crippen molar-refractivity contribution < 1.29 is 9.90 Å². The third kappa shape index (κ3) is 7.12. The first-order valence-corrected chi connectivity index (χ1v) is 2.79. The van der Waals surface area contributed by atoms with Crippen LogP contribution in [0.1, 0.15) is 0 Å². The highest BCUT2D eigenvalue weighted by Gasteiger charge is 1.85. The normalized spacial score (nSPS) is 7.22. The second-order valence-electron chi connectivity index (χ2n) is 1.15. The molecule has 0 atom stereocenters. The first-order chi connectivity index (χ1) is 4.27. The Morgan fingerprint density at radius 1 is 1.67 bits per heavy atom. The Morgan fingerprint density at radius 3 is 2.78 bits per heavy atom. The summed E-state index contributed by atoms with van der Waals surface area (Å²) in [6, 6.07) is 0. The zero-order valence-electron chi connectivity index (χ0n) is 4.65. The number of carbonyl (C=O) groups is 1. The summed E-state index contributed by atoms with van der Waals surface area (Å²) in [5.74, 6) is 5.22. The first kappa shape index (κ1) is 8.12. The maximum Gasteiger partial charge on any atom is 0.405 e. The molecule has 0 saturated carbocycles. The van der Waals surface area contributed by atoms with Crippen LogP contribution in [0.3, 0.4) is 0 Å². The van der Waals surface area contributed by atoms with Gasteiger partial charge >= 0.3 is 6.09 Å². The van der Waals surface area contributed by atoms with Gasteiger partial charge in [-0.3, -0.25) is 0 Å². The maximum atomic E-state index is 9.75. The lowest BCUT2D eigenvalue weighted by Gasteiger charge is -1.88. The standard InChI is InChI=1S/C5H6ClNO2/c6-3-1-2-4-7-5(8)9/h7H,3-4H2,(H,8,9). The van der Waals surface area contributed by atoms with Crippen LogP contribution in [0.4, 0.5) is 4.79 Å². The van der Waals surface area contributed by atoms with Crippen molar-refractivity contribution >= 4 is 17.7 Å². The van der Waals surface area contributed by atoms with Crippen molar-refractivity contribution in [2.75, 3.05) is 12.4 Å². The van der Waals surface area contributed by atoms with Gasteiger partial charge in [0.25, 0.3) is 0 Å². The molecule has 0 bridgehead atoms. The van der Waals surface area contributed by atoms with Crippen LogP contribution in [-0.4, -0.2) is 23.6 Å². The van der Waals surface area contributed by atoms with E-state index in [-0.39, 0.29) is 12.4 Å². The summed E-state index contributed by atoms with van der Waals surface area (Å²) in [4.78, 5) is 9.75. The summed E-state index contributed by atoms with van der Waals surface area (Å²) >= 11 is 5.17. The van der Waals surface area contributed by atoms with Gasteiger partial charge in [-0.05, 0) is 0 Å². The van der Waals surface area contributed by atoms with Gasteiger partial charge in [0, 0.05) is 0 Å². The summed E-state index contributed by atoms with van der Waals surface area (Å²) in [7, 11) is 0. The lowest BCUT2D eigenvalue weighted by atomic mass is 10.6. The molecule has 0 aliphatic rings. The van der Waals surface area contributed by atoms with E-state index in [0.29, 0.717) is 0 Å². The Balaban J connectivity index is 3.19. The van der Waals surface area contributed by atoms with E-state index in [4.69, 9.17) is 16.7 Å².